The number of nitrogens with one attached hydrogen (secondary N) is 2. The van der Waals surface area contributed by atoms with Crippen LogP contribution in [-0.4, -0.2) is 26.2 Å². The van der Waals surface area contributed by atoms with Crippen molar-refractivity contribution in [1.29, 1.82) is 0 Å². The molecule has 2 N–H and O–H groups in total. The molecule has 0 atom stereocenters. The number of rotatable bonds is 12. The van der Waals surface area contributed by atoms with Gasteiger partial charge in [-0.15, -0.1) is 0 Å². The van der Waals surface area contributed by atoms with Crippen LogP contribution in [0.1, 0.15) is 58.8 Å². The molecule has 0 spiro atoms. The number of hydrogen-bond donors (Lipinski definition) is 2. The smallest absolute Gasteiger partial charge is 0.00767 e. The van der Waals surface area contributed by atoms with Crippen molar-refractivity contribution in [3.8, 4) is 0 Å². The number of unbranched alkanes of at least 4 members (excludes halogenated alkanes) is 5. The van der Waals surface area contributed by atoms with Gasteiger partial charge in [-0.2, -0.15) is 0 Å². The van der Waals surface area contributed by atoms with Crippen LogP contribution in [0, 0.1) is 0 Å². The molecule has 92 valence electrons. The predicted molar refractivity (Wildman–Crippen MR) is 69.4 cm³/mol. The van der Waals surface area contributed by atoms with Crippen molar-refractivity contribution >= 4 is 0 Å². The van der Waals surface area contributed by atoms with Gasteiger partial charge in [0.05, 0.1) is 0 Å². The molecule has 2 heteroatoms. The lowest BCUT2D eigenvalue weighted by molar-refractivity contribution is 0.560. The monoisotopic (exact) mass is 214 g/mol. The Balaban J connectivity index is 2.81. The second-order valence-corrected chi connectivity index (χ2v) is 4.27. The Morgan fingerprint density at radius 3 is 1.53 bits per heavy atom. The first kappa shape index (κ1) is 14.9. The fourth-order valence-electron chi connectivity index (χ4n) is 1.60. The zero-order valence-corrected chi connectivity index (χ0v) is 10.8. The molecule has 0 saturated heterocycles. The van der Waals surface area contributed by atoms with Crippen molar-refractivity contribution in [3.05, 3.63) is 0 Å². The van der Waals surface area contributed by atoms with Gasteiger partial charge in [-0.3, -0.25) is 0 Å². The third-order valence-corrected chi connectivity index (χ3v) is 2.64. The van der Waals surface area contributed by atoms with Crippen LogP contribution in [0.5, 0.6) is 0 Å². The van der Waals surface area contributed by atoms with E-state index in [-0.39, 0.29) is 0 Å². The average Bonchev–Trinajstić information content (AvgIpc) is 2.26. The first-order valence-corrected chi connectivity index (χ1v) is 6.83. The van der Waals surface area contributed by atoms with Crippen molar-refractivity contribution in [2.75, 3.05) is 26.2 Å². The van der Waals surface area contributed by atoms with Crippen LogP contribution in [0.2, 0.25) is 0 Å². The van der Waals surface area contributed by atoms with E-state index in [0.29, 0.717) is 0 Å². The molecular formula is C13H30N2. The van der Waals surface area contributed by atoms with Crippen molar-refractivity contribution in [3.63, 3.8) is 0 Å². The second kappa shape index (κ2) is 13.9. The summed E-state index contributed by atoms with van der Waals surface area (Å²) >= 11 is 0. The van der Waals surface area contributed by atoms with E-state index in [1.165, 1.54) is 58.0 Å². The van der Waals surface area contributed by atoms with Crippen molar-refractivity contribution in [1.82, 2.24) is 10.6 Å². The summed E-state index contributed by atoms with van der Waals surface area (Å²) in [5.41, 5.74) is 0. The minimum absolute atomic E-state index is 1.12. The van der Waals surface area contributed by atoms with Gasteiger partial charge in [0.15, 0.2) is 0 Å². The van der Waals surface area contributed by atoms with E-state index in [4.69, 9.17) is 0 Å². The van der Waals surface area contributed by atoms with Crippen molar-refractivity contribution in [2.45, 2.75) is 58.8 Å². The summed E-state index contributed by atoms with van der Waals surface area (Å²) in [6, 6.07) is 0. The highest BCUT2D eigenvalue weighted by Crippen LogP contribution is 1.96. The van der Waals surface area contributed by atoms with Gasteiger partial charge in [0, 0.05) is 13.1 Å². The van der Waals surface area contributed by atoms with Crippen LogP contribution < -0.4 is 10.6 Å². The predicted octanol–water partition coefficient (Wildman–Crippen LogP) is 2.94. The minimum atomic E-state index is 1.12. The average molecular weight is 214 g/mol. The summed E-state index contributed by atoms with van der Waals surface area (Å²) in [5.74, 6) is 0. The van der Waals surface area contributed by atoms with Crippen LogP contribution >= 0.6 is 0 Å². The first-order chi connectivity index (χ1) is 7.41. The van der Waals surface area contributed by atoms with Crippen LogP contribution in [0.25, 0.3) is 0 Å². The quantitative estimate of drug-likeness (QED) is 0.488. The molecule has 0 aliphatic heterocycles. The van der Waals surface area contributed by atoms with Crippen LogP contribution in [0.4, 0.5) is 0 Å². The Hall–Kier alpha value is -0.0800. The largest absolute Gasteiger partial charge is 0.315 e. The fourth-order valence-corrected chi connectivity index (χ4v) is 1.60. The summed E-state index contributed by atoms with van der Waals surface area (Å²) in [6.45, 7) is 9.13. The Bertz CT molecular complexity index is 92.7. The van der Waals surface area contributed by atoms with E-state index < -0.39 is 0 Å². The van der Waals surface area contributed by atoms with Crippen molar-refractivity contribution < 1.29 is 0 Å². The maximum Gasteiger partial charge on any atom is 0.00767 e. The second-order valence-electron chi connectivity index (χ2n) is 4.27. The summed E-state index contributed by atoms with van der Waals surface area (Å²) in [6.07, 6.45) is 9.44. The van der Waals surface area contributed by atoms with Gasteiger partial charge >= 0.3 is 0 Å². The summed E-state index contributed by atoms with van der Waals surface area (Å²) < 4.78 is 0. The molecule has 15 heavy (non-hydrogen) atoms. The molecule has 0 rings (SSSR count). The summed E-state index contributed by atoms with van der Waals surface area (Å²) in [5, 5.41) is 6.93. The van der Waals surface area contributed by atoms with E-state index >= 15 is 0 Å². The molecule has 0 radical (unpaired) electrons. The minimum Gasteiger partial charge on any atom is -0.315 e. The topological polar surface area (TPSA) is 24.1 Å². The molecule has 0 saturated carbocycles. The third kappa shape index (κ3) is 13.9. The van der Waals surface area contributed by atoms with E-state index in [2.05, 4.69) is 24.5 Å². The zero-order valence-electron chi connectivity index (χ0n) is 10.8. The third-order valence-electron chi connectivity index (χ3n) is 2.64. The summed E-state index contributed by atoms with van der Waals surface area (Å²) in [7, 11) is 0. The van der Waals surface area contributed by atoms with Crippen LogP contribution in [-0.2, 0) is 0 Å². The Morgan fingerprint density at radius 1 is 0.533 bits per heavy atom. The zero-order chi connectivity index (χ0) is 11.2. The maximum absolute atomic E-state index is 3.47. The van der Waals surface area contributed by atoms with Crippen LogP contribution in [0.15, 0.2) is 0 Å². The molecule has 0 aliphatic carbocycles. The molecule has 0 unspecified atom stereocenters. The fraction of sp³-hybridized carbons (Fsp3) is 1.00. The highest BCUT2D eigenvalue weighted by molar-refractivity contribution is 4.53. The Kier molecular flexibility index (Phi) is 13.8. The summed E-state index contributed by atoms with van der Waals surface area (Å²) in [4.78, 5) is 0. The van der Waals surface area contributed by atoms with Crippen LogP contribution in [0.3, 0.4) is 0 Å². The highest BCUT2D eigenvalue weighted by atomic mass is 14.9. The lowest BCUT2D eigenvalue weighted by atomic mass is 10.2. The molecule has 0 fully saturated rings. The lowest BCUT2D eigenvalue weighted by Crippen LogP contribution is -2.28. The van der Waals surface area contributed by atoms with E-state index in [1.807, 2.05) is 0 Å². The normalized spacial score (nSPS) is 10.8. The van der Waals surface area contributed by atoms with Gasteiger partial charge in [-0.1, -0.05) is 46.0 Å². The number of hydrogen-bond acceptors (Lipinski definition) is 2. The standard InChI is InChI=1S/C13H30N2/c1-3-5-7-9-11-15-13-12-14-10-8-6-4-2/h14-15H,3-13H2,1-2H3. The molecule has 0 aromatic heterocycles. The molecule has 0 aliphatic rings. The molecule has 0 amide bonds. The van der Waals surface area contributed by atoms with Gasteiger partial charge in [0.25, 0.3) is 0 Å². The highest BCUT2D eigenvalue weighted by Gasteiger charge is 1.89. The molecule has 0 aromatic carbocycles. The molecular weight excluding hydrogens is 184 g/mol. The van der Waals surface area contributed by atoms with Gasteiger partial charge in [0.1, 0.15) is 0 Å². The molecule has 2 nitrogen and oxygen atoms in total. The maximum atomic E-state index is 3.47. The molecule has 0 bridgehead atoms. The Morgan fingerprint density at radius 2 is 1.00 bits per heavy atom. The lowest BCUT2D eigenvalue weighted by Gasteiger charge is -2.06. The first-order valence-electron chi connectivity index (χ1n) is 6.83. The van der Waals surface area contributed by atoms with E-state index in [0.717, 1.165) is 13.1 Å². The Labute approximate surface area is 96.2 Å². The van der Waals surface area contributed by atoms with Gasteiger partial charge in [-0.25, -0.2) is 0 Å². The van der Waals surface area contributed by atoms with Gasteiger partial charge < -0.3 is 10.6 Å². The van der Waals surface area contributed by atoms with Gasteiger partial charge in [0.2, 0.25) is 0 Å². The molecule has 0 heterocycles. The van der Waals surface area contributed by atoms with E-state index in [9.17, 15) is 0 Å². The molecule has 0 aromatic rings. The SMILES string of the molecule is CCCCCCNCCNCCCCC. The van der Waals surface area contributed by atoms with Crippen molar-refractivity contribution in [2.24, 2.45) is 0 Å². The van der Waals surface area contributed by atoms with E-state index in [1.54, 1.807) is 0 Å². The van der Waals surface area contributed by atoms with Gasteiger partial charge in [-0.05, 0) is 25.9 Å².